The molecule has 2 aromatic carbocycles. The fraction of sp³-hybridized carbons (Fsp3) is 0.0714. The highest BCUT2D eigenvalue weighted by Crippen LogP contribution is 2.32. The molecule has 0 heterocycles. The number of hydrogen-bond donors (Lipinski definition) is 3. The Morgan fingerprint density at radius 1 is 1.19 bits per heavy atom. The molecule has 110 valence electrons. The van der Waals surface area contributed by atoms with Gasteiger partial charge in [-0.15, -0.1) is 0 Å². The van der Waals surface area contributed by atoms with Gasteiger partial charge in [0.2, 0.25) is 0 Å². The SMILES string of the molecule is Nc1cccc(C(=O)Nc2ccccc2SC(F)F)c1O. The fourth-order valence-electron chi connectivity index (χ4n) is 1.70. The molecule has 0 aliphatic heterocycles. The van der Waals surface area contributed by atoms with Gasteiger partial charge in [-0.25, -0.2) is 0 Å². The Labute approximate surface area is 124 Å². The Morgan fingerprint density at radius 3 is 2.62 bits per heavy atom. The normalized spacial score (nSPS) is 10.6. The van der Waals surface area contributed by atoms with Gasteiger partial charge < -0.3 is 16.2 Å². The standard InChI is InChI=1S/C14H12F2N2O2S/c15-14(16)21-11-7-2-1-6-10(11)18-13(20)8-4-3-5-9(17)12(8)19/h1-7,14,19H,17H2,(H,18,20). The minimum absolute atomic E-state index is 0.0214. The number of phenolic OH excluding ortho intramolecular Hbond substituents is 1. The summed E-state index contributed by atoms with van der Waals surface area (Å²) < 4.78 is 24.9. The number of anilines is 2. The largest absolute Gasteiger partial charge is 0.505 e. The average molecular weight is 310 g/mol. The van der Waals surface area contributed by atoms with E-state index < -0.39 is 11.7 Å². The van der Waals surface area contributed by atoms with Crippen molar-refractivity contribution in [3.8, 4) is 5.75 Å². The van der Waals surface area contributed by atoms with Crippen molar-refractivity contribution in [1.29, 1.82) is 0 Å². The number of thioether (sulfide) groups is 1. The van der Waals surface area contributed by atoms with Crippen LogP contribution in [-0.2, 0) is 0 Å². The highest BCUT2D eigenvalue weighted by molar-refractivity contribution is 7.99. The number of nitrogens with one attached hydrogen (secondary N) is 1. The van der Waals surface area contributed by atoms with Gasteiger partial charge in [-0.3, -0.25) is 4.79 Å². The molecule has 2 aromatic rings. The minimum atomic E-state index is -2.59. The van der Waals surface area contributed by atoms with Crippen LogP contribution in [0.15, 0.2) is 47.4 Å². The zero-order valence-corrected chi connectivity index (χ0v) is 11.5. The van der Waals surface area contributed by atoms with Crippen LogP contribution in [0.2, 0.25) is 0 Å². The number of para-hydroxylation sites is 2. The number of rotatable bonds is 4. The van der Waals surface area contributed by atoms with Crippen molar-refractivity contribution in [3.63, 3.8) is 0 Å². The lowest BCUT2D eigenvalue weighted by Crippen LogP contribution is -2.13. The Morgan fingerprint density at radius 2 is 1.90 bits per heavy atom. The van der Waals surface area contributed by atoms with Crippen LogP contribution in [-0.4, -0.2) is 16.8 Å². The van der Waals surface area contributed by atoms with E-state index in [4.69, 9.17) is 5.73 Å². The van der Waals surface area contributed by atoms with Crippen LogP contribution in [0.25, 0.3) is 0 Å². The summed E-state index contributed by atoms with van der Waals surface area (Å²) in [6, 6.07) is 10.6. The van der Waals surface area contributed by atoms with Crippen LogP contribution in [0.4, 0.5) is 20.2 Å². The van der Waals surface area contributed by atoms with Crippen molar-refractivity contribution in [3.05, 3.63) is 48.0 Å². The first-order valence-electron chi connectivity index (χ1n) is 5.91. The summed E-state index contributed by atoms with van der Waals surface area (Å²) in [5.41, 5.74) is 5.81. The smallest absolute Gasteiger partial charge is 0.288 e. The molecule has 0 unspecified atom stereocenters. The predicted octanol–water partition coefficient (Wildman–Crippen LogP) is 3.54. The molecule has 21 heavy (non-hydrogen) atoms. The minimum Gasteiger partial charge on any atom is -0.505 e. The molecule has 1 amide bonds. The molecule has 0 aromatic heterocycles. The fourth-order valence-corrected chi connectivity index (χ4v) is 2.30. The number of nitrogen functional groups attached to an aromatic ring is 1. The first-order valence-corrected chi connectivity index (χ1v) is 6.79. The second-order valence-electron chi connectivity index (χ2n) is 4.07. The number of halogens is 2. The van der Waals surface area contributed by atoms with E-state index in [1.165, 1.54) is 30.3 Å². The summed E-state index contributed by atoms with van der Waals surface area (Å²) in [6.07, 6.45) is 0. The zero-order chi connectivity index (χ0) is 15.4. The number of alkyl halides is 2. The quantitative estimate of drug-likeness (QED) is 0.459. The van der Waals surface area contributed by atoms with Gasteiger partial charge in [-0.2, -0.15) is 8.78 Å². The predicted molar refractivity (Wildman–Crippen MR) is 78.8 cm³/mol. The molecule has 4 nitrogen and oxygen atoms in total. The van der Waals surface area contributed by atoms with Crippen molar-refractivity contribution >= 4 is 29.0 Å². The molecule has 0 aliphatic rings. The number of aromatic hydroxyl groups is 1. The molecular weight excluding hydrogens is 298 g/mol. The van der Waals surface area contributed by atoms with E-state index in [1.54, 1.807) is 12.1 Å². The van der Waals surface area contributed by atoms with Gasteiger partial charge in [0.05, 0.1) is 16.9 Å². The maximum atomic E-state index is 12.5. The number of amides is 1. The maximum Gasteiger partial charge on any atom is 0.288 e. The Hall–Kier alpha value is -2.28. The maximum absolute atomic E-state index is 12.5. The lowest BCUT2D eigenvalue weighted by atomic mass is 10.1. The van der Waals surface area contributed by atoms with E-state index in [2.05, 4.69) is 5.32 Å². The number of phenols is 1. The molecular formula is C14H12F2N2O2S. The van der Waals surface area contributed by atoms with Crippen LogP contribution < -0.4 is 11.1 Å². The van der Waals surface area contributed by atoms with E-state index in [1.807, 2.05) is 0 Å². The highest BCUT2D eigenvalue weighted by Gasteiger charge is 2.16. The van der Waals surface area contributed by atoms with Crippen molar-refractivity contribution in [2.75, 3.05) is 11.1 Å². The lowest BCUT2D eigenvalue weighted by Gasteiger charge is -2.11. The van der Waals surface area contributed by atoms with Crippen LogP contribution in [0, 0.1) is 0 Å². The number of benzene rings is 2. The Balaban J connectivity index is 2.26. The second-order valence-corrected chi connectivity index (χ2v) is 5.10. The first-order chi connectivity index (χ1) is 9.99. The lowest BCUT2D eigenvalue weighted by molar-refractivity contribution is 0.102. The molecule has 0 saturated carbocycles. The van der Waals surface area contributed by atoms with Crippen molar-refractivity contribution < 1.29 is 18.7 Å². The van der Waals surface area contributed by atoms with Gasteiger partial charge in [0.1, 0.15) is 0 Å². The van der Waals surface area contributed by atoms with Crippen LogP contribution in [0.5, 0.6) is 5.75 Å². The van der Waals surface area contributed by atoms with Gasteiger partial charge in [-0.05, 0) is 24.3 Å². The van der Waals surface area contributed by atoms with E-state index >= 15 is 0 Å². The van der Waals surface area contributed by atoms with Gasteiger partial charge >= 0.3 is 0 Å². The molecule has 0 spiro atoms. The zero-order valence-electron chi connectivity index (χ0n) is 10.7. The van der Waals surface area contributed by atoms with E-state index in [0.717, 1.165) is 0 Å². The van der Waals surface area contributed by atoms with Crippen LogP contribution >= 0.6 is 11.8 Å². The molecule has 0 radical (unpaired) electrons. The van der Waals surface area contributed by atoms with Gasteiger partial charge in [-0.1, -0.05) is 30.0 Å². The third kappa shape index (κ3) is 3.63. The molecule has 0 aliphatic carbocycles. The summed E-state index contributed by atoms with van der Waals surface area (Å²) >= 11 is 0.334. The highest BCUT2D eigenvalue weighted by atomic mass is 32.2. The number of hydrogen-bond acceptors (Lipinski definition) is 4. The number of nitrogens with two attached hydrogens (primary N) is 1. The molecule has 0 bridgehead atoms. The molecule has 0 saturated heterocycles. The molecule has 0 fully saturated rings. The third-order valence-electron chi connectivity index (χ3n) is 2.66. The van der Waals surface area contributed by atoms with Crippen LogP contribution in [0.3, 0.4) is 0 Å². The van der Waals surface area contributed by atoms with E-state index in [-0.39, 0.29) is 27.6 Å². The molecule has 2 rings (SSSR count). The summed E-state index contributed by atoms with van der Waals surface area (Å²) in [5.74, 6) is -3.56. The Bertz CT molecular complexity index is 665. The van der Waals surface area contributed by atoms with E-state index in [9.17, 15) is 18.7 Å². The van der Waals surface area contributed by atoms with E-state index in [0.29, 0.717) is 11.8 Å². The topological polar surface area (TPSA) is 75.4 Å². The van der Waals surface area contributed by atoms with Crippen molar-refractivity contribution in [2.24, 2.45) is 0 Å². The molecule has 7 heteroatoms. The number of carbonyl (C=O) groups excluding carboxylic acids is 1. The summed E-state index contributed by atoms with van der Waals surface area (Å²) in [5, 5.41) is 12.2. The van der Waals surface area contributed by atoms with Crippen molar-refractivity contribution in [1.82, 2.24) is 0 Å². The second kappa shape index (κ2) is 6.45. The monoisotopic (exact) mass is 310 g/mol. The summed E-state index contributed by atoms with van der Waals surface area (Å²) in [6.45, 7) is 0. The average Bonchev–Trinajstić information content (AvgIpc) is 2.43. The van der Waals surface area contributed by atoms with Crippen molar-refractivity contribution in [2.45, 2.75) is 10.7 Å². The van der Waals surface area contributed by atoms with Gasteiger partial charge in [0.15, 0.2) is 5.75 Å². The van der Waals surface area contributed by atoms with Crippen LogP contribution in [0.1, 0.15) is 10.4 Å². The molecule has 0 atom stereocenters. The summed E-state index contributed by atoms with van der Waals surface area (Å²) in [4.78, 5) is 12.3. The Kier molecular flexibility index (Phi) is 4.64. The van der Waals surface area contributed by atoms with Gasteiger partial charge in [0.25, 0.3) is 11.7 Å². The summed E-state index contributed by atoms with van der Waals surface area (Å²) in [7, 11) is 0. The third-order valence-corrected chi connectivity index (χ3v) is 3.45. The van der Waals surface area contributed by atoms with Gasteiger partial charge in [0, 0.05) is 4.90 Å². The number of carbonyl (C=O) groups is 1. The molecule has 4 N–H and O–H groups in total. The first kappa shape index (κ1) is 15.1.